The molecule has 0 unspecified atom stereocenters. The lowest BCUT2D eigenvalue weighted by Crippen LogP contribution is -2.07. The number of rotatable bonds is 12. The number of aliphatic hydroxyl groups excluding tert-OH is 1. The van der Waals surface area contributed by atoms with Crippen molar-refractivity contribution < 1.29 is 23.1 Å². The molecule has 0 amide bonds. The lowest BCUT2D eigenvalue weighted by atomic mass is 10.0. The van der Waals surface area contributed by atoms with E-state index in [0.717, 1.165) is 24.8 Å². The summed E-state index contributed by atoms with van der Waals surface area (Å²) in [5, 5.41) is 8.93. The first-order valence-electron chi connectivity index (χ1n) is 8.06. The number of hydrogen-bond donors (Lipinski definition) is 1. The van der Waals surface area contributed by atoms with Crippen LogP contribution in [0, 0.1) is 0 Å². The van der Waals surface area contributed by atoms with Gasteiger partial charge in [0.2, 0.25) is 0 Å². The molecule has 0 aliphatic heterocycles. The Hall–Kier alpha value is -1.66. The van der Waals surface area contributed by atoms with Crippen LogP contribution in [0.25, 0.3) is 0 Å². The molecule has 0 saturated heterocycles. The van der Waals surface area contributed by atoms with E-state index in [4.69, 9.17) is 9.84 Å². The Morgan fingerprint density at radius 3 is 2.58 bits per heavy atom. The van der Waals surface area contributed by atoms with Gasteiger partial charge >= 0.3 is 0 Å². The van der Waals surface area contributed by atoms with Gasteiger partial charge in [-0.25, -0.2) is 8.42 Å². The second kappa shape index (κ2) is 10.3. The zero-order chi connectivity index (χ0) is 18.0. The summed E-state index contributed by atoms with van der Waals surface area (Å²) in [7, 11) is -2.87. The number of Topliss-reactive ketones (excluding diaryl/α,β-unsaturated/α-hetero) is 1. The molecule has 1 aromatic carbocycles. The predicted octanol–water partition coefficient (Wildman–Crippen LogP) is 2.57. The zero-order valence-electron chi connectivity index (χ0n) is 14.2. The maximum absolute atomic E-state index is 11.6. The van der Waals surface area contributed by atoms with Gasteiger partial charge in [0, 0.05) is 17.6 Å². The normalized spacial score (nSPS) is 11.2. The van der Waals surface area contributed by atoms with E-state index in [1.807, 2.05) is 0 Å². The van der Waals surface area contributed by atoms with Crippen LogP contribution in [-0.2, 0) is 16.3 Å². The van der Waals surface area contributed by atoms with Crippen molar-refractivity contribution in [3.63, 3.8) is 0 Å². The summed E-state index contributed by atoms with van der Waals surface area (Å²) in [6, 6.07) is 5.11. The summed E-state index contributed by atoms with van der Waals surface area (Å²) in [5.74, 6) is 0.621. The highest BCUT2D eigenvalue weighted by Crippen LogP contribution is 2.22. The molecular formula is C18H26O5S. The minimum absolute atomic E-state index is 0.234. The standard InChI is InChI=1S/C18H26O5S/c1-3-8-16-13-15(17(20)14-19)9-10-18(16)23-11-6-4-5-7-12-24(2,21)22/h3,9-10,13,19H,1,4-8,11-12,14H2,2H3. The summed E-state index contributed by atoms with van der Waals surface area (Å²) in [6.07, 6.45) is 6.86. The third-order valence-electron chi connectivity index (χ3n) is 3.56. The molecule has 0 aliphatic rings. The highest BCUT2D eigenvalue weighted by molar-refractivity contribution is 7.90. The highest BCUT2D eigenvalue weighted by atomic mass is 32.2. The topological polar surface area (TPSA) is 80.7 Å². The quantitative estimate of drug-likeness (QED) is 0.354. The molecule has 6 heteroatoms. The van der Waals surface area contributed by atoms with Gasteiger partial charge in [-0.2, -0.15) is 0 Å². The number of sulfone groups is 1. The second-order valence-corrected chi connectivity index (χ2v) is 8.05. The van der Waals surface area contributed by atoms with E-state index in [1.165, 1.54) is 6.26 Å². The molecule has 0 aromatic heterocycles. The summed E-state index contributed by atoms with van der Waals surface area (Å²) in [5.41, 5.74) is 1.32. The fraction of sp³-hybridized carbons (Fsp3) is 0.500. The maximum atomic E-state index is 11.6. The molecule has 1 aromatic rings. The summed E-state index contributed by atoms with van der Waals surface area (Å²) >= 11 is 0. The Kier molecular flexibility index (Phi) is 8.71. The number of carbonyl (C=O) groups is 1. The Labute approximate surface area is 144 Å². The van der Waals surface area contributed by atoms with Gasteiger partial charge in [-0.15, -0.1) is 6.58 Å². The summed E-state index contributed by atoms with van der Waals surface area (Å²) < 4.78 is 27.8. The first-order valence-corrected chi connectivity index (χ1v) is 10.1. The zero-order valence-corrected chi connectivity index (χ0v) is 15.0. The van der Waals surface area contributed by atoms with Crippen molar-refractivity contribution in [2.24, 2.45) is 0 Å². The number of benzene rings is 1. The average molecular weight is 354 g/mol. The van der Waals surface area contributed by atoms with Gasteiger partial charge in [0.15, 0.2) is 5.78 Å². The van der Waals surface area contributed by atoms with Crippen molar-refractivity contribution in [3.8, 4) is 5.75 Å². The second-order valence-electron chi connectivity index (χ2n) is 5.79. The lowest BCUT2D eigenvalue weighted by molar-refractivity contribution is 0.0903. The van der Waals surface area contributed by atoms with Gasteiger partial charge in [0.1, 0.15) is 22.2 Å². The number of carbonyl (C=O) groups excluding carboxylic acids is 1. The van der Waals surface area contributed by atoms with Crippen LogP contribution >= 0.6 is 0 Å². The number of unbranched alkanes of at least 4 members (excludes halogenated alkanes) is 3. The van der Waals surface area contributed by atoms with Gasteiger partial charge in [-0.3, -0.25) is 4.79 Å². The van der Waals surface area contributed by atoms with E-state index < -0.39 is 16.4 Å². The SMILES string of the molecule is C=CCc1cc(C(=O)CO)ccc1OCCCCCCS(C)(=O)=O. The highest BCUT2D eigenvalue weighted by Gasteiger charge is 2.09. The van der Waals surface area contributed by atoms with E-state index >= 15 is 0 Å². The predicted molar refractivity (Wildman–Crippen MR) is 95.4 cm³/mol. The minimum atomic E-state index is -2.87. The van der Waals surface area contributed by atoms with Gasteiger partial charge in [-0.1, -0.05) is 18.9 Å². The van der Waals surface area contributed by atoms with E-state index in [1.54, 1.807) is 24.3 Å². The molecule has 0 saturated carbocycles. The number of aliphatic hydroxyl groups is 1. The molecule has 0 aliphatic carbocycles. The van der Waals surface area contributed by atoms with Gasteiger partial charge in [0.25, 0.3) is 0 Å². The molecule has 0 atom stereocenters. The van der Waals surface area contributed by atoms with Crippen LogP contribution in [0.2, 0.25) is 0 Å². The molecule has 0 radical (unpaired) electrons. The van der Waals surface area contributed by atoms with Gasteiger partial charge in [-0.05, 0) is 43.0 Å². The maximum Gasteiger partial charge on any atom is 0.188 e. The van der Waals surface area contributed by atoms with Crippen molar-refractivity contribution in [1.82, 2.24) is 0 Å². The van der Waals surface area contributed by atoms with Crippen molar-refractivity contribution in [1.29, 1.82) is 0 Å². The Bertz CT molecular complexity index is 649. The van der Waals surface area contributed by atoms with Crippen molar-refractivity contribution in [3.05, 3.63) is 42.0 Å². The molecular weight excluding hydrogens is 328 g/mol. The van der Waals surface area contributed by atoms with Crippen LogP contribution in [0.1, 0.15) is 41.6 Å². The summed E-state index contributed by atoms with van der Waals surface area (Å²) in [6.45, 7) is 3.73. The molecule has 1 rings (SSSR count). The lowest BCUT2D eigenvalue weighted by Gasteiger charge is -2.12. The third kappa shape index (κ3) is 7.75. The molecule has 0 heterocycles. The van der Waals surface area contributed by atoms with Gasteiger partial charge in [0.05, 0.1) is 6.61 Å². The molecule has 24 heavy (non-hydrogen) atoms. The molecule has 0 fully saturated rings. The number of ether oxygens (including phenoxy) is 1. The number of hydrogen-bond acceptors (Lipinski definition) is 5. The van der Waals surface area contributed by atoms with Crippen LogP contribution in [-0.4, -0.2) is 44.5 Å². The fourth-order valence-electron chi connectivity index (χ4n) is 2.30. The fourth-order valence-corrected chi connectivity index (χ4v) is 3.03. The van der Waals surface area contributed by atoms with Crippen molar-refractivity contribution in [2.75, 3.05) is 25.2 Å². The van der Waals surface area contributed by atoms with E-state index in [2.05, 4.69) is 6.58 Å². The Morgan fingerprint density at radius 2 is 1.96 bits per heavy atom. The Balaban J connectivity index is 2.46. The smallest absolute Gasteiger partial charge is 0.188 e. The average Bonchev–Trinajstić information content (AvgIpc) is 2.53. The van der Waals surface area contributed by atoms with Crippen LogP contribution in [0.3, 0.4) is 0 Å². The van der Waals surface area contributed by atoms with Crippen molar-refractivity contribution in [2.45, 2.75) is 32.1 Å². The van der Waals surface area contributed by atoms with E-state index in [-0.39, 0.29) is 11.5 Å². The third-order valence-corrected chi connectivity index (χ3v) is 4.59. The van der Waals surface area contributed by atoms with E-state index in [0.29, 0.717) is 30.8 Å². The summed E-state index contributed by atoms with van der Waals surface area (Å²) in [4.78, 5) is 11.6. The molecule has 0 bridgehead atoms. The van der Waals surface area contributed by atoms with E-state index in [9.17, 15) is 13.2 Å². The monoisotopic (exact) mass is 354 g/mol. The van der Waals surface area contributed by atoms with Crippen LogP contribution < -0.4 is 4.74 Å². The van der Waals surface area contributed by atoms with Crippen LogP contribution in [0.15, 0.2) is 30.9 Å². The molecule has 134 valence electrons. The first-order chi connectivity index (χ1) is 11.4. The largest absolute Gasteiger partial charge is 0.493 e. The van der Waals surface area contributed by atoms with Crippen LogP contribution in [0.5, 0.6) is 5.75 Å². The number of ketones is 1. The minimum Gasteiger partial charge on any atom is -0.493 e. The van der Waals surface area contributed by atoms with Crippen molar-refractivity contribution >= 4 is 15.6 Å². The van der Waals surface area contributed by atoms with Gasteiger partial charge < -0.3 is 9.84 Å². The number of allylic oxidation sites excluding steroid dienone is 1. The Morgan fingerprint density at radius 1 is 1.25 bits per heavy atom. The molecule has 0 spiro atoms. The first kappa shape index (κ1) is 20.4. The molecule has 5 nitrogen and oxygen atoms in total. The molecule has 1 N–H and O–H groups in total. The van der Waals surface area contributed by atoms with Crippen LogP contribution in [0.4, 0.5) is 0 Å².